The summed E-state index contributed by atoms with van der Waals surface area (Å²) in [6.45, 7) is 10.5. The smallest absolute Gasteiger partial charge is 0.337 e. The largest absolute Gasteiger partial charge is 0.491 e. The SMILES string of the molecule is CC(C)Oc1ccc2c(C(=O)NC(Cn3cccn3)C(C)(C)C)cc(=O)oc2c1. The van der Waals surface area contributed by atoms with Crippen LogP contribution in [-0.4, -0.2) is 27.8 Å². The molecule has 1 aromatic carbocycles. The number of fused-ring (bicyclic) bond motifs is 1. The van der Waals surface area contributed by atoms with Crippen LogP contribution < -0.4 is 15.7 Å². The highest BCUT2D eigenvalue weighted by Gasteiger charge is 2.28. The summed E-state index contributed by atoms with van der Waals surface area (Å²) in [7, 11) is 0. The van der Waals surface area contributed by atoms with Crippen molar-refractivity contribution in [2.45, 2.75) is 53.3 Å². The quantitative estimate of drug-likeness (QED) is 0.642. The molecule has 0 spiro atoms. The summed E-state index contributed by atoms with van der Waals surface area (Å²) in [6, 6.07) is 8.02. The Bertz CT molecular complexity index is 1050. The van der Waals surface area contributed by atoms with E-state index in [2.05, 4.69) is 31.2 Å². The summed E-state index contributed by atoms with van der Waals surface area (Å²) >= 11 is 0. The number of rotatable bonds is 6. The number of ether oxygens (including phenoxy) is 1. The lowest BCUT2D eigenvalue weighted by Gasteiger charge is -2.31. The van der Waals surface area contributed by atoms with Crippen LogP contribution in [0.4, 0.5) is 0 Å². The van der Waals surface area contributed by atoms with E-state index in [4.69, 9.17) is 9.15 Å². The summed E-state index contributed by atoms with van der Waals surface area (Å²) in [5, 5.41) is 7.86. The molecule has 1 unspecified atom stereocenters. The minimum atomic E-state index is -0.580. The van der Waals surface area contributed by atoms with E-state index in [9.17, 15) is 9.59 Å². The Hall–Kier alpha value is -3.09. The van der Waals surface area contributed by atoms with Crippen LogP contribution in [0.1, 0.15) is 45.0 Å². The molecule has 0 saturated heterocycles. The lowest BCUT2D eigenvalue weighted by molar-refractivity contribution is 0.0891. The second-order valence-electron chi connectivity index (χ2n) is 8.42. The molecule has 7 heteroatoms. The van der Waals surface area contributed by atoms with Gasteiger partial charge in [0, 0.05) is 29.9 Å². The van der Waals surface area contributed by atoms with Crippen molar-refractivity contribution in [1.29, 1.82) is 0 Å². The minimum Gasteiger partial charge on any atom is -0.491 e. The number of carbonyl (C=O) groups excluding carboxylic acids is 1. The Morgan fingerprint density at radius 1 is 1.28 bits per heavy atom. The van der Waals surface area contributed by atoms with Crippen LogP contribution in [0.5, 0.6) is 5.75 Å². The van der Waals surface area contributed by atoms with E-state index in [0.29, 0.717) is 23.3 Å². The van der Waals surface area contributed by atoms with Crippen molar-refractivity contribution in [1.82, 2.24) is 15.1 Å². The van der Waals surface area contributed by atoms with Crippen LogP contribution in [0, 0.1) is 5.41 Å². The van der Waals surface area contributed by atoms with E-state index in [0.717, 1.165) is 0 Å². The van der Waals surface area contributed by atoms with Crippen LogP contribution in [0.15, 0.2) is 51.9 Å². The molecule has 1 amide bonds. The third-order valence-corrected chi connectivity index (χ3v) is 4.61. The number of nitrogens with zero attached hydrogens (tertiary/aromatic N) is 2. The van der Waals surface area contributed by atoms with Gasteiger partial charge in [-0.2, -0.15) is 5.10 Å². The Morgan fingerprint density at radius 3 is 2.66 bits per heavy atom. The van der Waals surface area contributed by atoms with Crippen molar-refractivity contribution >= 4 is 16.9 Å². The third-order valence-electron chi connectivity index (χ3n) is 4.61. The van der Waals surface area contributed by atoms with E-state index in [-0.39, 0.29) is 29.0 Å². The summed E-state index contributed by atoms with van der Waals surface area (Å²) in [4.78, 5) is 25.2. The van der Waals surface area contributed by atoms with Crippen LogP contribution in [-0.2, 0) is 6.54 Å². The Morgan fingerprint density at radius 2 is 2.03 bits per heavy atom. The number of hydrogen-bond donors (Lipinski definition) is 1. The van der Waals surface area contributed by atoms with Gasteiger partial charge in [-0.05, 0) is 37.5 Å². The van der Waals surface area contributed by atoms with Gasteiger partial charge in [0.15, 0.2) is 0 Å². The highest BCUT2D eigenvalue weighted by molar-refractivity contribution is 6.05. The van der Waals surface area contributed by atoms with Crippen LogP contribution in [0.3, 0.4) is 0 Å². The van der Waals surface area contributed by atoms with Crippen molar-refractivity contribution in [3.05, 3.63) is 58.7 Å². The average Bonchev–Trinajstić information content (AvgIpc) is 3.12. The first-order valence-electron chi connectivity index (χ1n) is 9.66. The summed E-state index contributed by atoms with van der Waals surface area (Å²) in [5.41, 5.74) is -0.194. The molecule has 3 rings (SSSR count). The van der Waals surface area contributed by atoms with Gasteiger partial charge in [0.1, 0.15) is 11.3 Å². The summed E-state index contributed by atoms with van der Waals surface area (Å²) < 4.78 is 12.7. The normalized spacial score (nSPS) is 12.9. The molecular weight excluding hydrogens is 370 g/mol. The molecule has 7 nitrogen and oxygen atoms in total. The Kier molecular flexibility index (Phi) is 5.77. The van der Waals surface area contributed by atoms with Gasteiger partial charge in [-0.1, -0.05) is 20.8 Å². The molecule has 0 saturated carbocycles. The zero-order valence-corrected chi connectivity index (χ0v) is 17.4. The van der Waals surface area contributed by atoms with E-state index >= 15 is 0 Å². The highest BCUT2D eigenvalue weighted by atomic mass is 16.5. The van der Waals surface area contributed by atoms with Crippen molar-refractivity contribution < 1.29 is 13.9 Å². The molecule has 0 aliphatic heterocycles. The van der Waals surface area contributed by atoms with E-state index in [1.807, 2.05) is 26.1 Å². The average molecular weight is 397 g/mol. The van der Waals surface area contributed by atoms with Gasteiger partial charge in [-0.25, -0.2) is 4.79 Å². The molecule has 1 N–H and O–H groups in total. The van der Waals surface area contributed by atoms with E-state index < -0.39 is 5.63 Å². The summed E-state index contributed by atoms with van der Waals surface area (Å²) in [5.74, 6) is 0.256. The fraction of sp³-hybridized carbons (Fsp3) is 0.409. The van der Waals surface area contributed by atoms with Crippen molar-refractivity contribution in [3.8, 4) is 5.75 Å². The van der Waals surface area contributed by atoms with Crippen LogP contribution in [0.25, 0.3) is 11.0 Å². The molecule has 3 aromatic rings. The number of carbonyl (C=O) groups is 1. The second-order valence-corrected chi connectivity index (χ2v) is 8.42. The molecule has 2 aromatic heterocycles. The molecule has 0 radical (unpaired) electrons. The lowest BCUT2D eigenvalue weighted by Crippen LogP contribution is -2.46. The number of aromatic nitrogens is 2. The molecule has 29 heavy (non-hydrogen) atoms. The highest BCUT2D eigenvalue weighted by Crippen LogP contribution is 2.25. The molecule has 0 fully saturated rings. The van der Waals surface area contributed by atoms with Gasteiger partial charge in [0.2, 0.25) is 0 Å². The van der Waals surface area contributed by atoms with Gasteiger partial charge in [-0.3, -0.25) is 9.48 Å². The van der Waals surface area contributed by atoms with Crippen molar-refractivity contribution in [2.24, 2.45) is 5.41 Å². The van der Waals surface area contributed by atoms with Gasteiger partial charge in [-0.15, -0.1) is 0 Å². The molecular formula is C22H27N3O4. The standard InChI is InChI=1S/C22H27N3O4/c1-14(2)28-15-7-8-16-17(12-20(26)29-18(16)11-15)21(27)24-19(22(3,4)5)13-25-10-6-9-23-25/h6-12,14,19H,13H2,1-5H3,(H,24,27). The molecule has 1 atom stereocenters. The molecule has 154 valence electrons. The van der Waals surface area contributed by atoms with Crippen molar-refractivity contribution in [3.63, 3.8) is 0 Å². The predicted molar refractivity (Wildman–Crippen MR) is 111 cm³/mol. The first kappa shape index (κ1) is 20.6. The number of benzene rings is 1. The maximum absolute atomic E-state index is 13.1. The van der Waals surface area contributed by atoms with E-state index in [1.165, 1.54) is 6.07 Å². The van der Waals surface area contributed by atoms with Gasteiger partial charge in [0.25, 0.3) is 5.91 Å². The first-order valence-corrected chi connectivity index (χ1v) is 9.66. The molecule has 0 bridgehead atoms. The Labute approximate surface area is 169 Å². The van der Waals surface area contributed by atoms with Gasteiger partial charge < -0.3 is 14.5 Å². The first-order chi connectivity index (χ1) is 13.6. The monoisotopic (exact) mass is 397 g/mol. The Balaban J connectivity index is 1.93. The lowest BCUT2D eigenvalue weighted by atomic mass is 9.86. The zero-order valence-electron chi connectivity index (χ0n) is 17.4. The summed E-state index contributed by atoms with van der Waals surface area (Å²) in [6.07, 6.45) is 3.54. The minimum absolute atomic E-state index is 0.0134. The molecule has 0 aliphatic carbocycles. The van der Waals surface area contributed by atoms with Crippen molar-refractivity contribution in [2.75, 3.05) is 0 Å². The second kappa shape index (κ2) is 8.11. The van der Waals surface area contributed by atoms with Crippen LogP contribution in [0.2, 0.25) is 0 Å². The molecule has 2 heterocycles. The number of amides is 1. The van der Waals surface area contributed by atoms with E-state index in [1.54, 1.807) is 29.1 Å². The molecule has 0 aliphatic rings. The fourth-order valence-electron chi connectivity index (χ4n) is 3.04. The maximum atomic E-state index is 13.1. The predicted octanol–water partition coefficient (Wildman–Crippen LogP) is 3.62. The third kappa shape index (κ3) is 5.04. The zero-order chi connectivity index (χ0) is 21.2. The topological polar surface area (TPSA) is 86.4 Å². The number of hydrogen-bond acceptors (Lipinski definition) is 5. The van der Waals surface area contributed by atoms with Crippen LogP contribution >= 0.6 is 0 Å². The van der Waals surface area contributed by atoms with Gasteiger partial charge in [0.05, 0.1) is 24.3 Å². The van der Waals surface area contributed by atoms with Gasteiger partial charge >= 0.3 is 5.63 Å². The number of nitrogens with one attached hydrogen (secondary N) is 1. The fourth-order valence-corrected chi connectivity index (χ4v) is 3.04. The maximum Gasteiger partial charge on any atom is 0.337 e.